The molecule has 4 rings (SSSR count). The first-order valence-corrected chi connectivity index (χ1v) is 8.81. The van der Waals surface area contributed by atoms with E-state index in [0.717, 1.165) is 17.9 Å². The molecule has 0 radical (unpaired) electrons. The highest BCUT2D eigenvalue weighted by atomic mass is 32.2. The van der Waals surface area contributed by atoms with Crippen LogP contribution in [-0.2, 0) is 0 Å². The van der Waals surface area contributed by atoms with Gasteiger partial charge in [-0.15, -0.1) is 15.3 Å². The monoisotopic (exact) mass is 345 g/mol. The number of halogens is 1. The van der Waals surface area contributed by atoms with E-state index in [1.165, 1.54) is 10.6 Å². The summed E-state index contributed by atoms with van der Waals surface area (Å²) in [7, 11) is 0. The highest BCUT2D eigenvalue weighted by molar-refractivity contribution is 7.99. The molecule has 3 aromatic rings. The molecule has 0 unspecified atom stereocenters. The van der Waals surface area contributed by atoms with Crippen LogP contribution in [0.15, 0.2) is 36.4 Å². The number of anilines is 1. The van der Waals surface area contributed by atoms with Gasteiger partial charge in [0.25, 0.3) is 0 Å². The Balaban J connectivity index is 1.65. The standard InChI is InChI=1S/C16H16FN5OS/c17-12-4-2-1-3-11(12)15-20-19-14-6-5-13(21-22(14)15)18-9-16(23)7-8-24-10-16/h1-6,23H,7-10H2,(H,18,21)/t16-/m1/s1. The van der Waals surface area contributed by atoms with Crippen molar-refractivity contribution in [2.45, 2.75) is 12.0 Å². The van der Waals surface area contributed by atoms with Gasteiger partial charge in [-0.3, -0.25) is 0 Å². The van der Waals surface area contributed by atoms with Crippen molar-refractivity contribution in [3.8, 4) is 11.4 Å². The first kappa shape index (κ1) is 15.3. The minimum Gasteiger partial charge on any atom is -0.387 e. The molecule has 1 saturated heterocycles. The minimum atomic E-state index is -0.705. The van der Waals surface area contributed by atoms with E-state index >= 15 is 0 Å². The van der Waals surface area contributed by atoms with E-state index < -0.39 is 5.60 Å². The summed E-state index contributed by atoms with van der Waals surface area (Å²) in [5.41, 5.74) is 0.178. The fourth-order valence-electron chi connectivity index (χ4n) is 2.68. The van der Waals surface area contributed by atoms with Crippen LogP contribution < -0.4 is 5.32 Å². The number of fused-ring (bicyclic) bond motifs is 1. The number of nitrogens with zero attached hydrogens (tertiary/aromatic N) is 4. The van der Waals surface area contributed by atoms with Crippen molar-refractivity contribution in [2.75, 3.05) is 23.4 Å². The molecule has 1 aromatic carbocycles. The summed E-state index contributed by atoms with van der Waals surface area (Å²) in [5, 5.41) is 26.1. The molecule has 1 atom stereocenters. The van der Waals surface area contributed by atoms with Crippen LogP contribution >= 0.6 is 11.8 Å². The third-order valence-electron chi connectivity index (χ3n) is 4.06. The van der Waals surface area contributed by atoms with Gasteiger partial charge in [-0.2, -0.15) is 16.3 Å². The van der Waals surface area contributed by atoms with Crippen LogP contribution in [0.25, 0.3) is 17.0 Å². The molecule has 0 saturated carbocycles. The first-order chi connectivity index (χ1) is 11.6. The number of aliphatic hydroxyl groups is 1. The van der Waals surface area contributed by atoms with Gasteiger partial charge in [-0.25, -0.2) is 4.39 Å². The molecule has 0 bridgehead atoms. The van der Waals surface area contributed by atoms with Crippen molar-refractivity contribution in [1.29, 1.82) is 0 Å². The number of benzene rings is 1. The number of hydrogen-bond donors (Lipinski definition) is 2. The Kier molecular flexibility index (Phi) is 3.85. The topological polar surface area (TPSA) is 75.3 Å². The molecule has 0 amide bonds. The quantitative estimate of drug-likeness (QED) is 0.755. The van der Waals surface area contributed by atoms with Gasteiger partial charge in [0, 0.05) is 12.3 Å². The van der Waals surface area contributed by atoms with E-state index in [2.05, 4.69) is 20.6 Å². The molecule has 6 nitrogen and oxygen atoms in total. The summed E-state index contributed by atoms with van der Waals surface area (Å²) in [6.45, 7) is 0.426. The average molecular weight is 345 g/mol. The van der Waals surface area contributed by atoms with Gasteiger partial charge in [-0.1, -0.05) is 12.1 Å². The van der Waals surface area contributed by atoms with E-state index in [1.54, 1.807) is 42.1 Å². The SMILES string of the molecule is O[C@@]1(CNc2ccc3nnc(-c4ccccc4F)n3n2)CCSC1. The van der Waals surface area contributed by atoms with Gasteiger partial charge in [0.2, 0.25) is 0 Å². The highest BCUT2D eigenvalue weighted by Crippen LogP contribution is 2.28. The molecular weight excluding hydrogens is 329 g/mol. The van der Waals surface area contributed by atoms with E-state index in [1.807, 2.05) is 0 Å². The second-order valence-electron chi connectivity index (χ2n) is 5.87. The highest BCUT2D eigenvalue weighted by Gasteiger charge is 2.31. The lowest BCUT2D eigenvalue weighted by atomic mass is 10.0. The Bertz CT molecular complexity index is 878. The Morgan fingerprint density at radius 3 is 2.92 bits per heavy atom. The molecule has 2 N–H and O–H groups in total. The Morgan fingerprint density at radius 2 is 2.12 bits per heavy atom. The van der Waals surface area contributed by atoms with Crippen LogP contribution in [0.5, 0.6) is 0 Å². The Hall–Kier alpha value is -2.19. The predicted octanol–water partition coefficient (Wildman–Crippen LogP) is 2.21. The summed E-state index contributed by atoms with van der Waals surface area (Å²) in [6, 6.07) is 9.94. The molecular formula is C16H16FN5OS. The number of hydrogen-bond acceptors (Lipinski definition) is 6. The van der Waals surface area contributed by atoms with Crippen LogP contribution in [0.4, 0.5) is 10.2 Å². The zero-order valence-electron chi connectivity index (χ0n) is 12.8. The van der Waals surface area contributed by atoms with Crippen molar-refractivity contribution in [1.82, 2.24) is 19.8 Å². The maximum Gasteiger partial charge on any atom is 0.188 e. The lowest BCUT2D eigenvalue weighted by Gasteiger charge is -2.21. The van der Waals surface area contributed by atoms with E-state index in [9.17, 15) is 9.50 Å². The summed E-state index contributed by atoms with van der Waals surface area (Å²) < 4.78 is 15.5. The summed E-state index contributed by atoms with van der Waals surface area (Å²) in [6.07, 6.45) is 0.764. The van der Waals surface area contributed by atoms with Gasteiger partial charge in [0.05, 0.1) is 11.2 Å². The maximum absolute atomic E-state index is 14.0. The lowest BCUT2D eigenvalue weighted by Crippen LogP contribution is -2.36. The van der Waals surface area contributed by atoms with Gasteiger partial charge in [0.15, 0.2) is 11.5 Å². The fourth-order valence-corrected chi connectivity index (χ4v) is 3.98. The number of aromatic nitrogens is 4. The normalized spacial score (nSPS) is 20.6. The second kappa shape index (κ2) is 6.03. The van der Waals surface area contributed by atoms with Crippen molar-refractivity contribution < 1.29 is 9.50 Å². The van der Waals surface area contributed by atoms with Crippen LogP contribution in [0.3, 0.4) is 0 Å². The molecule has 0 spiro atoms. The first-order valence-electron chi connectivity index (χ1n) is 7.66. The number of nitrogens with one attached hydrogen (secondary N) is 1. The molecule has 1 aliphatic heterocycles. The van der Waals surface area contributed by atoms with Crippen LogP contribution in [-0.4, -0.2) is 48.6 Å². The fraction of sp³-hybridized carbons (Fsp3) is 0.312. The summed E-state index contributed by atoms with van der Waals surface area (Å²) >= 11 is 1.74. The molecule has 1 aliphatic rings. The van der Waals surface area contributed by atoms with Crippen molar-refractivity contribution in [3.63, 3.8) is 0 Å². The molecule has 0 aliphatic carbocycles. The molecule has 2 aromatic heterocycles. The van der Waals surface area contributed by atoms with E-state index in [-0.39, 0.29) is 5.82 Å². The molecule has 3 heterocycles. The van der Waals surface area contributed by atoms with Crippen molar-refractivity contribution in [2.24, 2.45) is 0 Å². The van der Waals surface area contributed by atoms with Crippen LogP contribution in [0.2, 0.25) is 0 Å². The van der Waals surface area contributed by atoms with Gasteiger partial charge in [0.1, 0.15) is 11.6 Å². The predicted molar refractivity (Wildman–Crippen MR) is 91.6 cm³/mol. The van der Waals surface area contributed by atoms with E-state index in [0.29, 0.717) is 29.4 Å². The summed E-state index contributed by atoms with van der Waals surface area (Å²) in [5.74, 6) is 2.25. The Morgan fingerprint density at radius 1 is 1.25 bits per heavy atom. The lowest BCUT2D eigenvalue weighted by molar-refractivity contribution is 0.0819. The number of rotatable bonds is 4. The maximum atomic E-state index is 14.0. The molecule has 124 valence electrons. The third kappa shape index (κ3) is 2.83. The molecule has 8 heteroatoms. The second-order valence-corrected chi connectivity index (χ2v) is 6.98. The zero-order chi connectivity index (χ0) is 16.6. The summed E-state index contributed by atoms with van der Waals surface area (Å²) in [4.78, 5) is 0. The van der Waals surface area contributed by atoms with E-state index in [4.69, 9.17) is 0 Å². The van der Waals surface area contributed by atoms with Gasteiger partial charge < -0.3 is 10.4 Å². The molecule has 24 heavy (non-hydrogen) atoms. The third-order valence-corrected chi connectivity index (χ3v) is 5.29. The average Bonchev–Trinajstić information content (AvgIpc) is 3.20. The minimum absolute atomic E-state index is 0.348. The Labute approximate surface area is 142 Å². The van der Waals surface area contributed by atoms with Crippen molar-refractivity contribution in [3.05, 3.63) is 42.2 Å². The van der Waals surface area contributed by atoms with Crippen LogP contribution in [0, 0.1) is 5.82 Å². The molecule has 1 fully saturated rings. The van der Waals surface area contributed by atoms with Crippen molar-refractivity contribution >= 4 is 23.2 Å². The number of thioether (sulfide) groups is 1. The smallest absolute Gasteiger partial charge is 0.188 e. The van der Waals surface area contributed by atoms with Gasteiger partial charge in [-0.05, 0) is 36.4 Å². The zero-order valence-corrected chi connectivity index (χ0v) is 13.6. The van der Waals surface area contributed by atoms with Crippen LogP contribution in [0.1, 0.15) is 6.42 Å². The largest absolute Gasteiger partial charge is 0.387 e. The van der Waals surface area contributed by atoms with Gasteiger partial charge >= 0.3 is 0 Å².